The molecule has 1 amide bonds. The van der Waals surface area contributed by atoms with Gasteiger partial charge in [0.15, 0.2) is 0 Å². The van der Waals surface area contributed by atoms with Crippen LogP contribution in [0.5, 0.6) is 5.75 Å². The van der Waals surface area contributed by atoms with Crippen LogP contribution in [-0.4, -0.2) is 23.6 Å². The lowest BCUT2D eigenvalue weighted by Crippen LogP contribution is -2.17. The number of phenols is 1. The number of aromatic hydroxyl groups is 1. The van der Waals surface area contributed by atoms with Gasteiger partial charge in [0.05, 0.1) is 12.2 Å². The molecule has 0 unspecified atom stereocenters. The number of anilines is 1. The lowest BCUT2D eigenvalue weighted by atomic mass is 10.0. The SMILES string of the molecule is CCOC(=O)c1cccc(NC(=O)CCc2c(C)c3ccc(O)cc3oc2=O)c1. The number of rotatable bonds is 6. The third-order valence-corrected chi connectivity index (χ3v) is 4.53. The van der Waals surface area contributed by atoms with Gasteiger partial charge in [0.1, 0.15) is 11.3 Å². The number of hydrogen-bond acceptors (Lipinski definition) is 6. The molecule has 7 heteroatoms. The van der Waals surface area contributed by atoms with E-state index in [1.165, 1.54) is 18.2 Å². The van der Waals surface area contributed by atoms with Gasteiger partial charge < -0.3 is 19.6 Å². The molecule has 3 aromatic rings. The van der Waals surface area contributed by atoms with E-state index in [-0.39, 0.29) is 31.1 Å². The zero-order valence-electron chi connectivity index (χ0n) is 16.2. The quantitative estimate of drug-likeness (QED) is 0.488. The van der Waals surface area contributed by atoms with Gasteiger partial charge in [0.25, 0.3) is 0 Å². The third-order valence-electron chi connectivity index (χ3n) is 4.53. The number of ether oxygens (including phenoxy) is 1. The number of carbonyl (C=O) groups is 2. The van der Waals surface area contributed by atoms with Crippen LogP contribution in [-0.2, 0) is 16.0 Å². The first kappa shape index (κ1) is 20.1. The molecule has 7 nitrogen and oxygen atoms in total. The first-order valence-corrected chi connectivity index (χ1v) is 9.21. The number of fused-ring (bicyclic) bond motifs is 1. The molecule has 3 rings (SSSR count). The van der Waals surface area contributed by atoms with E-state index in [0.29, 0.717) is 33.3 Å². The Morgan fingerprint density at radius 3 is 2.72 bits per heavy atom. The predicted octanol–water partition coefficient (Wildman–Crippen LogP) is 3.56. The second-order valence-electron chi connectivity index (χ2n) is 6.52. The van der Waals surface area contributed by atoms with Gasteiger partial charge >= 0.3 is 11.6 Å². The van der Waals surface area contributed by atoms with Crippen LogP contribution in [0.15, 0.2) is 51.7 Å². The maximum Gasteiger partial charge on any atom is 0.339 e. The fourth-order valence-corrected chi connectivity index (χ4v) is 3.07. The molecule has 0 bridgehead atoms. The molecule has 1 heterocycles. The number of aryl methyl sites for hydroxylation is 1. The van der Waals surface area contributed by atoms with Gasteiger partial charge in [0, 0.05) is 29.1 Å². The van der Waals surface area contributed by atoms with E-state index < -0.39 is 11.6 Å². The molecule has 2 N–H and O–H groups in total. The summed E-state index contributed by atoms with van der Waals surface area (Å²) in [5, 5.41) is 13.0. The van der Waals surface area contributed by atoms with Crippen molar-refractivity contribution in [3.8, 4) is 5.75 Å². The fraction of sp³-hybridized carbons (Fsp3) is 0.227. The average molecular weight is 395 g/mol. The summed E-state index contributed by atoms with van der Waals surface area (Å²) in [5.41, 5.74) is 1.72. The van der Waals surface area contributed by atoms with Gasteiger partial charge in [-0.05, 0) is 56.2 Å². The molecule has 0 spiro atoms. The summed E-state index contributed by atoms with van der Waals surface area (Å²) in [4.78, 5) is 36.4. The lowest BCUT2D eigenvalue weighted by molar-refractivity contribution is -0.116. The smallest absolute Gasteiger partial charge is 0.339 e. The Labute approximate surface area is 166 Å². The number of benzene rings is 2. The summed E-state index contributed by atoms with van der Waals surface area (Å²) in [7, 11) is 0. The largest absolute Gasteiger partial charge is 0.508 e. The summed E-state index contributed by atoms with van der Waals surface area (Å²) in [5.74, 6) is -0.744. The zero-order chi connectivity index (χ0) is 21.0. The Morgan fingerprint density at radius 2 is 1.97 bits per heavy atom. The van der Waals surface area contributed by atoms with Crippen molar-refractivity contribution in [1.29, 1.82) is 0 Å². The van der Waals surface area contributed by atoms with Crippen molar-refractivity contribution in [2.75, 3.05) is 11.9 Å². The highest BCUT2D eigenvalue weighted by Gasteiger charge is 2.14. The molecule has 0 aliphatic carbocycles. The van der Waals surface area contributed by atoms with Gasteiger partial charge in [-0.1, -0.05) is 6.07 Å². The Bertz CT molecular complexity index is 1130. The number of esters is 1. The number of hydrogen-bond donors (Lipinski definition) is 2. The van der Waals surface area contributed by atoms with E-state index in [9.17, 15) is 19.5 Å². The molecular weight excluding hydrogens is 374 g/mol. The first-order chi connectivity index (χ1) is 13.9. The Morgan fingerprint density at radius 1 is 1.17 bits per heavy atom. The minimum Gasteiger partial charge on any atom is -0.508 e. The summed E-state index contributed by atoms with van der Waals surface area (Å²) >= 11 is 0. The molecule has 29 heavy (non-hydrogen) atoms. The van der Waals surface area contributed by atoms with Gasteiger partial charge in [0.2, 0.25) is 5.91 Å². The normalized spacial score (nSPS) is 10.7. The van der Waals surface area contributed by atoms with E-state index in [1.807, 2.05) is 0 Å². The van der Waals surface area contributed by atoms with Gasteiger partial charge in [-0.2, -0.15) is 0 Å². The van der Waals surface area contributed by atoms with E-state index in [0.717, 1.165) is 0 Å². The molecular formula is C22H21NO6. The average Bonchev–Trinajstić information content (AvgIpc) is 2.68. The Hall–Kier alpha value is -3.61. The maximum atomic E-state index is 12.3. The van der Waals surface area contributed by atoms with Crippen LogP contribution in [0.2, 0.25) is 0 Å². The second kappa shape index (κ2) is 8.60. The standard InChI is InChI=1S/C22H21NO6/c1-3-28-21(26)14-5-4-6-15(11-14)23-20(25)10-9-18-13(2)17-8-7-16(24)12-19(17)29-22(18)27/h4-8,11-12,24H,3,9-10H2,1-2H3,(H,23,25). The van der Waals surface area contributed by atoms with Crippen molar-refractivity contribution in [2.45, 2.75) is 26.7 Å². The molecule has 2 aromatic carbocycles. The predicted molar refractivity (Wildman–Crippen MR) is 108 cm³/mol. The number of amides is 1. The summed E-state index contributed by atoms with van der Waals surface area (Å²) < 4.78 is 10.2. The van der Waals surface area contributed by atoms with Crippen LogP contribution in [0.3, 0.4) is 0 Å². The number of phenolic OH excluding ortho intramolecular Hbond substituents is 1. The van der Waals surface area contributed by atoms with E-state index in [1.54, 1.807) is 38.1 Å². The van der Waals surface area contributed by atoms with Gasteiger partial charge in [-0.3, -0.25) is 4.79 Å². The van der Waals surface area contributed by atoms with E-state index in [4.69, 9.17) is 9.15 Å². The second-order valence-corrected chi connectivity index (χ2v) is 6.52. The van der Waals surface area contributed by atoms with Crippen LogP contribution in [0, 0.1) is 6.92 Å². The molecule has 1 aromatic heterocycles. The Balaban J connectivity index is 1.71. The highest BCUT2D eigenvalue weighted by molar-refractivity contribution is 5.94. The molecule has 0 radical (unpaired) electrons. The molecule has 0 saturated carbocycles. The summed E-state index contributed by atoms with van der Waals surface area (Å²) in [6.07, 6.45) is 0.271. The highest BCUT2D eigenvalue weighted by atomic mass is 16.5. The molecule has 0 saturated heterocycles. The van der Waals surface area contributed by atoms with Crippen molar-refractivity contribution in [3.63, 3.8) is 0 Å². The molecule has 0 atom stereocenters. The first-order valence-electron chi connectivity index (χ1n) is 9.21. The monoisotopic (exact) mass is 395 g/mol. The topological polar surface area (TPSA) is 106 Å². The van der Waals surface area contributed by atoms with E-state index in [2.05, 4.69) is 5.32 Å². The summed E-state index contributed by atoms with van der Waals surface area (Å²) in [6.45, 7) is 3.77. The molecule has 0 aliphatic heterocycles. The van der Waals surface area contributed by atoms with Crippen molar-refractivity contribution in [2.24, 2.45) is 0 Å². The molecule has 0 aliphatic rings. The molecule has 0 fully saturated rings. The van der Waals surface area contributed by atoms with Crippen molar-refractivity contribution in [3.05, 3.63) is 69.6 Å². The van der Waals surface area contributed by atoms with Crippen molar-refractivity contribution >= 4 is 28.5 Å². The van der Waals surface area contributed by atoms with Crippen molar-refractivity contribution in [1.82, 2.24) is 0 Å². The zero-order valence-corrected chi connectivity index (χ0v) is 16.2. The fourth-order valence-electron chi connectivity index (χ4n) is 3.07. The summed E-state index contributed by atoms with van der Waals surface area (Å²) in [6, 6.07) is 11.0. The van der Waals surface area contributed by atoms with Gasteiger partial charge in [-0.15, -0.1) is 0 Å². The third kappa shape index (κ3) is 4.63. The van der Waals surface area contributed by atoms with Crippen LogP contribution >= 0.6 is 0 Å². The number of carbonyl (C=O) groups excluding carboxylic acids is 2. The van der Waals surface area contributed by atoms with Crippen LogP contribution in [0.4, 0.5) is 5.69 Å². The number of nitrogens with one attached hydrogen (secondary N) is 1. The lowest BCUT2D eigenvalue weighted by Gasteiger charge is -2.09. The Kier molecular flexibility index (Phi) is 5.97. The van der Waals surface area contributed by atoms with E-state index >= 15 is 0 Å². The van der Waals surface area contributed by atoms with Crippen LogP contribution in [0.1, 0.15) is 34.8 Å². The maximum absolute atomic E-state index is 12.3. The minimum atomic E-state index is -0.530. The minimum absolute atomic E-state index is 0.0113. The van der Waals surface area contributed by atoms with Crippen LogP contribution in [0.25, 0.3) is 11.0 Å². The molecule has 150 valence electrons. The van der Waals surface area contributed by atoms with Crippen molar-refractivity contribution < 1.29 is 23.8 Å². The highest BCUT2D eigenvalue weighted by Crippen LogP contribution is 2.24. The van der Waals surface area contributed by atoms with Gasteiger partial charge in [-0.25, -0.2) is 9.59 Å². The van der Waals surface area contributed by atoms with Crippen LogP contribution < -0.4 is 10.9 Å².